The Kier molecular flexibility index (Phi) is 4.90. The topological polar surface area (TPSA) is 50.1 Å². The summed E-state index contributed by atoms with van der Waals surface area (Å²) in [5, 5.41) is -0.261. The molecule has 1 N–H and O–H groups in total. The first-order chi connectivity index (χ1) is 9.65. The van der Waals surface area contributed by atoms with Gasteiger partial charge in [-0.1, -0.05) is 46.8 Å². The van der Waals surface area contributed by atoms with Gasteiger partial charge in [0.15, 0.2) is 18.2 Å². The maximum Gasteiger partial charge on any atom is 0.333 e. The van der Waals surface area contributed by atoms with E-state index in [1.54, 1.807) is 41.3 Å². The number of hydrogen-bond acceptors (Lipinski definition) is 3. The molecule has 0 saturated heterocycles. The van der Waals surface area contributed by atoms with Crippen LogP contribution in [-0.2, 0) is 0 Å². The number of ketones is 1. The summed E-state index contributed by atoms with van der Waals surface area (Å²) in [4.78, 5) is 23.6. The molecule has 0 aliphatic rings. The molecule has 1 aromatic carbocycles. The molecule has 4 nitrogen and oxygen atoms in total. The maximum absolute atomic E-state index is 11.8. The van der Waals surface area contributed by atoms with Crippen molar-refractivity contribution in [2.75, 3.05) is 11.2 Å². The van der Waals surface area contributed by atoms with E-state index in [4.69, 9.17) is 0 Å². The Labute approximate surface area is 121 Å². The van der Waals surface area contributed by atoms with Gasteiger partial charge in [0.1, 0.15) is 0 Å². The van der Waals surface area contributed by atoms with Gasteiger partial charge in [-0.25, -0.2) is 0 Å². The second kappa shape index (κ2) is 6.86. The Hall–Kier alpha value is -2.14. The van der Waals surface area contributed by atoms with Gasteiger partial charge in [-0.05, 0) is 12.5 Å². The number of rotatable bonds is 4. The second-order valence-corrected chi connectivity index (χ2v) is 5.21. The third-order valence-electron chi connectivity index (χ3n) is 2.65. The Morgan fingerprint density at radius 2 is 1.75 bits per heavy atom. The quantitative estimate of drug-likeness (QED) is 0.694. The zero-order valence-electron chi connectivity index (χ0n) is 11.1. The number of aryl methyl sites for hydroxylation is 1. The number of hydrogen-bond donors (Lipinski definition) is 1. The molecule has 0 bridgehead atoms. The van der Waals surface area contributed by atoms with Gasteiger partial charge in [-0.3, -0.25) is 9.59 Å². The first kappa shape index (κ1) is 14.3. The van der Waals surface area contributed by atoms with Crippen LogP contribution in [0.15, 0.2) is 54.9 Å². The predicted molar refractivity (Wildman–Crippen MR) is 79.4 cm³/mol. The van der Waals surface area contributed by atoms with Crippen LogP contribution in [0.3, 0.4) is 0 Å². The smallest absolute Gasteiger partial charge is 0.293 e. The number of carbonyl (C=O) groups excluding carboxylic acids is 2. The van der Waals surface area contributed by atoms with E-state index in [-0.39, 0.29) is 16.8 Å². The monoisotopic (exact) mass is 287 g/mol. The lowest BCUT2D eigenvalue weighted by Gasteiger charge is -2.00. The summed E-state index contributed by atoms with van der Waals surface area (Å²) in [5.41, 5.74) is 4.40. The molecule has 2 rings (SSSR count). The van der Waals surface area contributed by atoms with Gasteiger partial charge in [0.2, 0.25) is 0 Å². The van der Waals surface area contributed by atoms with E-state index in [2.05, 4.69) is 5.43 Å². The fourth-order valence-electron chi connectivity index (χ4n) is 1.55. The Bertz CT molecular complexity index is 597. The zero-order valence-corrected chi connectivity index (χ0v) is 11.9. The molecular formula is C15H15N2O2S+. The highest BCUT2D eigenvalue weighted by Crippen LogP contribution is 2.07. The largest absolute Gasteiger partial charge is 0.333 e. The number of pyridine rings is 1. The fraction of sp³-hybridized carbons (Fsp3) is 0.133. The Morgan fingerprint density at radius 1 is 1.10 bits per heavy atom. The van der Waals surface area contributed by atoms with Crippen LogP contribution in [0.25, 0.3) is 0 Å². The highest BCUT2D eigenvalue weighted by Gasteiger charge is 2.12. The van der Waals surface area contributed by atoms with Crippen LogP contribution in [0.2, 0.25) is 0 Å². The van der Waals surface area contributed by atoms with Gasteiger partial charge in [0.25, 0.3) is 0 Å². The lowest BCUT2D eigenvalue weighted by atomic mass is 10.2. The summed E-state index contributed by atoms with van der Waals surface area (Å²) in [6.45, 7) is 1.97. The van der Waals surface area contributed by atoms with Crippen molar-refractivity contribution >= 4 is 22.8 Å². The lowest BCUT2D eigenvalue weighted by molar-refractivity contribution is -0.640. The fourth-order valence-corrected chi connectivity index (χ4v) is 2.15. The SMILES string of the molecule is Cc1cc[n+](NC(=O)SCC(=O)c2ccccc2)cc1. The molecule has 1 amide bonds. The van der Waals surface area contributed by atoms with Crippen LogP contribution >= 0.6 is 11.8 Å². The molecule has 20 heavy (non-hydrogen) atoms. The number of nitrogens with one attached hydrogen (secondary N) is 1. The van der Waals surface area contributed by atoms with E-state index in [1.807, 2.05) is 25.1 Å². The molecule has 0 unspecified atom stereocenters. The molecule has 2 aromatic rings. The first-order valence-corrected chi connectivity index (χ1v) is 7.13. The van der Waals surface area contributed by atoms with Crippen molar-refractivity contribution in [1.29, 1.82) is 0 Å². The summed E-state index contributed by atoms with van der Waals surface area (Å²) in [7, 11) is 0. The molecule has 5 heteroatoms. The number of nitrogens with zero attached hydrogens (tertiary/aromatic N) is 1. The van der Waals surface area contributed by atoms with Crippen LogP contribution in [0.5, 0.6) is 0 Å². The molecule has 1 heterocycles. The summed E-state index contributed by atoms with van der Waals surface area (Å²) in [6.07, 6.45) is 3.51. The van der Waals surface area contributed by atoms with Gasteiger partial charge < -0.3 is 0 Å². The van der Waals surface area contributed by atoms with E-state index >= 15 is 0 Å². The van der Waals surface area contributed by atoms with Gasteiger partial charge in [-0.15, -0.1) is 5.43 Å². The predicted octanol–water partition coefficient (Wildman–Crippen LogP) is 2.56. The minimum absolute atomic E-state index is 0.0559. The summed E-state index contributed by atoms with van der Waals surface area (Å²) in [6, 6.07) is 12.7. The van der Waals surface area contributed by atoms with Crippen molar-refractivity contribution in [2.45, 2.75) is 6.92 Å². The summed E-state index contributed by atoms with van der Waals surface area (Å²) < 4.78 is 1.56. The molecule has 0 atom stereocenters. The molecule has 0 saturated carbocycles. The van der Waals surface area contributed by atoms with E-state index in [9.17, 15) is 9.59 Å². The Balaban J connectivity index is 1.83. The molecule has 0 spiro atoms. The zero-order chi connectivity index (χ0) is 14.4. The number of amides is 1. The van der Waals surface area contributed by atoms with Crippen molar-refractivity contribution in [1.82, 2.24) is 0 Å². The van der Waals surface area contributed by atoms with Gasteiger partial charge >= 0.3 is 5.24 Å². The normalized spacial score (nSPS) is 10.1. The second-order valence-electron chi connectivity index (χ2n) is 4.26. The standard InChI is InChI=1S/C15H14N2O2S/c1-12-7-9-17(10-8-12)16-15(19)20-11-14(18)13-5-3-2-4-6-13/h2-10H,11H2,1H3/p+1. The number of benzene rings is 1. The number of Topliss-reactive ketones (excluding diaryl/α,β-unsaturated/α-hetero) is 1. The van der Waals surface area contributed by atoms with Crippen molar-refractivity contribution < 1.29 is 14.3 Å². The molecule has 0 radical (unpaired) electrons. The van der Waals surface area contributed by atoms with Crippen LogP contribution in [-0.4, -0.2) is 16.8 Å². The number of carbonyl (C=O) groups is 2. The molecule has 1 aromatic heterocycles. The molecular weight excluding hydrogens is 272 g/mol. The third-order valence-corrected chi connectivity index (χ3v) is 3.41. The third kappa shape index (κ3) is 4.20. The minimum Gasteiger partial charge on any atom is -0.293 e. The average Bonchev–Trinajstić information content (AvgIpc) is 2.48. The van der Waals surface area contributed by atoms with Crippen LogP contribution in [0.4, 0.5) is 4.79 Å². The molecule has 102 valence electrons. The van der Waals surface area contributed by atoms with Gasteiger partial charge in [0, 0.05) is 17.7 Å². The van der Waals surface area contributed by atoms with Gasteiger partial charge in [0.05, 0.1) is 5.75 Å². The molecule has 0 aliphatic carbocycles. The Morgan fingerprint density at radius 3 is 2.40 bits per heavy atom. The van der Waals surface area contributed by atoms with E-state index < -0.39 is 0 Å². The van der Waals surface area contributed by atoms with Crippen molar-refractivity contribution in [3.05, 3.63) is 66.0 Å². The first-order valence-electron chi connectivity index (χ1n) is 6.15. The summed E-state index contributed by atoms with van der Waals surface area (Å²) in [5.74, 6) is 0.0714. The van der Waals surface area contributed by atoms with E-state index in [0.717, 1.165) is 17.3 Å². The van der Waals surface area contributed by atoms with Crippen LogP contribution < -0.4 is 10.1 Å². The minimum atomic E-state index is -0.261. The van der Waals surface area contributed by atoms with E-state index in [1.165, 1.54) is 0 Å². The van der Waals surface area contributed by atoms with Crippen LogP contribution in [0, 0.1) is 6.92 Å². The highest BCUT2D eigenvalue weighted by atomic mass is 32.2. The average molecular weight is 287 g/mol. The summed E-state index contributed by atoms with van der Waals surface area (Å²) >= 11 is 0.958. The lowest BCUT2D eigenvalue weighted by Crippen LogP contribution is -2.46. The van der Waals surface area contributed by atoms with Crippen LogP contribution in [0.1, 0.15) is 15.9 Å². The highest BCUT2D eigenvalue weighted by molar-refractivity contribution is 8.14. The van der Waals surface area contributed by atoms with Crippen molar-refractivity contribution in [2.24, 2.45) is 0 Å². The number of thioether (sulfide) groups is 1. The van der Waals surface area contributed by atoms with Crippen molar-refractivity contribution in [3.8, 4) is 0 Å². The molecule has 0 fully saturated rings. The number of aromatic nitrogens is 1. The van der Waals surface area contributed by atoms with E-state index in [0.29, 0.717) is 5.56 Å². The maximum atomic E-state index is 11.8. The van der Waals surface area contributed by atoms with Crippen molar-refractivity contribution in [3.63, 3.8) is 0 Å². The molecule has 0 aliphatic heterocycles. The van der Waals surface area contributed by atoms with Gasteiger partial charge in [-0.2, -0.15) is 0 Å².